The van der Waals surface area contributed by atoms with Crippen LogP contribution in [0.15, 0.2) is 36.4 Å². The minimum atomic E-state index is -0.452. The lowest BCUT2D eigenvalue weighted by molar-refractivity contribution is -0.152. The topological polar surface area (TPSA) is 64.6 Å². The zero-order valence-corrected chi connectivity index (χ0v) is 15.4. The number of carbonyl (C=O) groups is 2. The molecule has 5 nitrogen and oxygen atoms in total. The maximum atomic E-state index is 12.3. The minimum Gasteiger partial charge on any atom is -0.492 e. The third-order valence-electron chi connectivity index (χ3n) is 4.49. The highest BCUT2D eigenvalue weighted by Crippen LogP contribution is 2.30. The number of halogens is 1. The van der Waals surface area contributed by atoms with Crippen molar-refractivity contribution in [3.8, 4) is 5.75 Å². The minimum absolute atomic E-state index is 0.228. The SMILES string of the molecule is Cc1cccc(NC(=O)COC(=O)[C@H]2COc3ccc(Cl)cc3C2)c1C. The Bertz CT molecular complexity index is 850. The van der Waals surface area contributed by atoms with Gasteiger partial charge in [-0.15, -0.1) is 0 Å². The Morgan fingerprint density at radius 1 is 1.27 bits per heavy atom. The van der Waals surface area contributed by atoms with Crippen LogP contribution in [0.5, 0.6) is 5.75 Å². The first kappa shape index (κ1) is 18.3. The van der Waals surface area contributed by atoms with Crippen LogP contribution in [0.2, 0.25) is 5.02 Å². The summed E-state index contributed by atoms with van der Waals surface area (Å²) in [6.45, 7) is 3.80. The molecule has 1 heterocycles. The molecule has 1 amide bonds. The molecule has 0 radical (unpaired) electrons. The predicted octanol–water partition coefficient (Wildman–Crippen LogP) is 3.69. The van der Waals surface area contributed by atoms with Crippen LogP contribution in [-0.2, 0) is 20.7 Å². The number of aryl methyl sites for hydroxylation is 1. The number of carbonyl (C=O) groups excluding carboxylic acids is 2. The Morgan fingerprint density at radius 2 is 2.08 bits per heavy atom. The van der Waals surface area contributed by atoms with Crippen LogP contribution in [0, 0.1) is 19.8 Å². The molecule has 0 spiro atoms. The van der Waals surface area contributed by atoms with Gasteiger partial charge in [-0.1, -0.05) is 23.7 Å². The zero-order chi connectivity index (χ0) is 18.7. The zero-order valence-electron chi connectivity index (χ0n) is 14.7. The third-order valence-corrected chi connectivity index (χ3v) is 4.72. The van der Waals surface area contributed by atoms with Crippen molar-refractivity contribution >= 4 is 29.2 Å². The molecule has 0 aromatic heterocycles. The van der Waals surface area contributed by atoms with E-state index in [2.05, 4.69) is 5.32 Å². The van der Waals surface area contributed by atoms with E-state index in [4.69, 9.17) is 21.1 Å². The van der Waals surface area contributed by atoms with Gasteiger partial charge in [0.1, 0.15) is 12.4 Å². The molecule has 6 heteroatoms. The van der Waals surface area contributed by atoms with Gasteiger partial charge in [0.05, 0.1) is 5.92 Å². The van der Waals surface area contributed by atoms with E-state index in [1.807, 2.05) is 32.0 Å². The van der Waals surface area contributed by atoms with Gasteiger partial charge in [0.2, 0.25) is 0 Å². The normalized spacial score (nSPS) is 15.6. The van der Waals surface area contributed by atoms with Gasteiger partial charge in [-0.3, -0.25) is 9.59 Å². The van der Waals surface area contributed by atoms with E-state index in [1.54, 1.807) is 18.2 Å². The summed E-state index contributed by atoms with van der Waals surface area (Å²) in [5, 5.41) is 3.36. The third kappa shape index (κ3) is 4.17. The highest BCUT2D eigenvalue weighted by atomic mass is 35.5. The summed E-state index contributed by atoms with van der Waals surface area (Å²) in [6.07, 6.45) is 0.479. The van der Waals surface area contributed by atoms with Crippen molar-refractivity contribution in [1.29, 1.82) is 0 Å². The van der Waals surface area contributed by atoms with Gasteiger partial charge in [-0.25, -0.2) is 0 Å². The summed E-state index contributed by atoms with van der Waals surface area (Å²) in [5.74, 6) is -0.542. The fourth-order valence-corrected chi connectivity index (χ4v) is 3.04. The average Bonchev–Trinajstić information content (AvgIpc) is 2.63. The fourth-order valence-electron chi connectivity index (χ4n) is 2.84. The standard InChI is InChI=1S/C20H20ClNO4/c1-12-4-3-5-17(13(12)2)22-19(23)11-26-20(24)15-8-14-9-16(21)6-7-18(14)25-10-15/h3-7,9,15H,8,10-11H2,1-2H3,(H,22,23)/t15-/m1/s1. The van der Waals surface area contributed by atoms with Crippen LogP contribution in [0.1, 0.15) is 16.7 Å². The van der Waals surface area contributed by atoms with Gasteiger partial charge >= 0.3 is 5.97 Å². The van der Waals surface area contributed by atoms with E-state index in [1.165, 1.54) is 0 Å². The second kappa shape index (κ2) is 7.79. The fraction of sp³-hybridized carbons (Fsp3) is 0.300. The molecule has 0 saturated heterocycles. The van der Waals surface area contributed by atoms with Crippen molar-refractivity contribution in [2.45, 2.75) is 20.3 Å². The van der Waals surface area contributed by atoms with E-state index < -0.39 is 11.9 Å². The Kier molecular flexibility index (Phi) is 5.47. The lowest BCUT2D eigenvalue weighted by Crippen LogP contribution is -2.32. The van der Waals surface area contributed by atoms with Crippen molar-refractivity contribution in [2.75, 3.05) is 18.5 Å². The molecular formula is C20H20ClNO4. The molecule has 1 atom stereocenters. The summed E-state index contributed by atoms with van der Waals surface area (Å²) in [6, 6.07) is 11.0. The molecule has 1 aliphatic rings. The molecule has 0 aliphatic carbocycles. The number of nitrogens with one attached hydrogen (secondary N) is 1. The summed E-state index contributed by atoms with van der Waals surface area (Å²) in [4.78, 5) is 24.3. The number of hydrogen-bond donors (Lipinski definition) is 1. The number of hydrogen-bond acceptors (Lipinski definition) is 4. The average molecular weight is 374 g/mol. The number of esters is 1. The molecule has 136 valence electrons. The quantitative estimate of drug-likeness (QED) is 0.830. The first-order chi connectivity index (χ1) is 12.4. The maximum Gasteiger partial charge on any atom is 0.313 e. The number of ether oxygens (including phenoxy) is 2. The highest BCUT2D eigenvalue weighted by molar-refractivity contribution is 6.30. The van der Waals surface area contributed by atoms with Gasteiger partial charge < -0.3 is 14.8 Å². The summed E-state index contributed by atoms with van der Waals surface area (Å²) >= 11 is 5.98. The number of benzene rings is 2. The predicted molar refractivity (Wildman–Crippen MR) is 99.6 cm³/mol. The van der Waals surface area contributed by atoms with E-state index in [0.717, 1.165) is 28.1 Å². The Labute approximate surface area is 157 Å². The molecule has 1 N–H and O–H groups in total. The van der Waals surface area contributed by atoms with Crippen molar-refractivity contribution in [3.05, 3.63) is 58.1 Å². The van der Waals surface area contributed by atoms with Gasteiger partial charge in [0.25, 0.3) is 5.91 Å². The number of anilines is 1. The van der Waals surface area contributed by atoms with Crippen LogP contribution in [0.25, 0.3) is 0 Å². The smallest absolute Gasteiger partial charge is 0.313 e. The second-order valence-corrected chi connectivity index (χ2v) is 6.80. The molecule has 2 aromatic carbocycles. The van der Waals surface area contributed by atoms with Gasteiger partial charge in [0.15, 0.2) is 6.61 Å². The molecule has 0 saturated carbocycles. The number of rotatable bonds is 4. The van der Waals surface area contributed by atoms with Gasteiger partial charge in [-0.2, -0.15) is 0 Å². The van der Waals surface area contributed by atoms with Crippen molar-refractivity contribution in [1.82, 2.24) is 0 Å². The van der Waals surface area contributed by atoms with Crippen LogP contribution in [0.3, 0.4) is 0 Å². The van der Waals surface area contributed by atoms with E-state index in [0.29, 0.717) is 11.4 Å². The largest absolute Gasteiger partial charge is 0.492 e. The first-order valence-electron chi connectivity index (χ1n) is 8.38. The molecule has 0 unspecified atom stereocenters. The molecule has 0 bridgehead atoms. The van der Waals surface area contributed by atoms with Crippen LogP contribution >= 0.6 is 11.6 Å². The summed E-state index contributed by atoms with van der Waals surface area (Å²) in [7, 11) is 0. The summed E-state index contributed by atoms with van der Waals surface area (Å²) < 4.78 is 10.8. The van der Waals surface area contributed by atoms with Crippen molar-refractivity contribution in [2.24, 2.45) is 5.92 Å². The van der Waals surface area contributed by atoms with Gasteiger partial charge in [-0.05, 0) is 61.2 Å². The van der Waals surface area contributed by atoms with Crippen LogP contribution < -0.4 is 10.1 Å². The monoisotopic (exact) mass is 373 g/mol. The number of amides is 1. The van der Waals surface area contributed by atoms with Crippen molar-refractivity contribution < 1.29 is 19.1 Å². The molecule has 0 fully saturated rings. The van der Waals surface area contributed by atoms with E-state index in [-0.39, 0.29) is 19.1 Å². The lowest BCUT2D eigenvalue weighted by atomic mass is 9.97. The lowest BCUT2D eigenvalue weighted by Gasteiger charge is -2.24. The van der Waals surface area contributed by atoms with Gasteiger partial charge in [0, 0.05) is 10.7 Å². The van der Waals surface area contributed by atoms with Crippen molar-refractivity contribution in [3.63, 3.8) is 0 Å². The molecule has 26 heavy (non-hydrogen) atoms. The molecule has 3 rings (SSSR count). The maximum absolute atomic E-state index is 12.3. The Morgan fingerprint density at radius 3 is 2.88 bits per heavy atom. The summed E-state index contributed by atoms with van der Waals surface area (Å²) in [5.41, 5.74) is 3.65. The van der Waals surface area contributed by atoms with Crippen LogP contribution in [-0.4, -0.2) is 25.1 Å². The number of fused-ring (bicyclic) bond motifs is 1. The highest BCUT2D eigenvalue weighted by Gasteiger charge is 2.28. The van der Waals surface area contributed by atoms with E-state index >= 15 is 0 Å². The van der Waals surface area contributed by atoms with E-state index in [9.17, 15) is 9.59 Å². The Hall–Kier alpha value is -2.53. The molecular weight excluding hydrogens is 354 g/mol. The Balaban J connectivity index is 1.54. The first-order valence-corrected chi connectivity index (χ1v) is 8.76. The molecule has 2 aromatic rings. The molecule has 1 aliphatic heterocycles. The van der Waals surface area contributed by atoms with Crippen LogP contribution in [0.4, 0.5) is 5.69 Å². The second-order valence-electron chi connectivity index (χ2n) is 6.37.